The number of nitrogens with one attached hydrogen (secondary N) is 2. The Morgan fingerprint density at radius 1 is 1.09 bits per heavy atom. The Hall–Kier alpha value is -1.95. The third kappa shape index (κ3) is 5.63. The van der Waals surface area contributed by atoms with Gasteiger partial charge in [-0.1, -0.05) is 0 Å². The normalized spacial score (nSPS) is 20.8. The second-order valence-electron chi connectivity index (χ2n) is 5.56. The highest BCUT2D eigenvalue weighted by Gasteiger charge is 2.12. The Labute approximate surface area is 134 Å². The molecule has 23 heavy (non-hydrogen) atoms. The highest BCUT2D eigenvalue weighted by molar-refractivity contribution is 5.87. The van der Waals surface area contributed by atoms with Crippen LogP contribution >= 0.6 is 0 Å². The van der Waals surface area contributed by atoms with Gasteiger partial charge in [0.25, 0.3) is 0 Å². The van der Waals surface area contributed by atoms with Crippen molar-refractivity contribution >= 4 is 11.6 Å². The number of amides is 1. The molecule has 0 radical (unpaired) electrons. The molecule has 0 fully saturated rings. The summed E-state index contributed by atoms with van der Waals surface area (Å²) in [5, 5.41) is 6.19. The van der Waals surface area contributed by atoms with E-state index in [1.807, 2.05) is 6.92 Å². The quantitative estimate of drug-likeness (QED) is 0.897. The zero-order valence-corrected chi connectivity index (χ0v) is 13.2. The van der Waals surface area contributed by atoms with Gasteiger partial charge >= 0.3 is 6.61 Å². The molecule has 0 saturated carbocycles. The molecule has 1 amide bonds. The van der Waals surface area contributed by atoms with Crippen molar-refractivity contribution in [2.24, 2.45) is 0 Å². The number of benzene rings is 1. The first-order valence-electron chi connectivity index (χ1n) is 7.82. The van der Waals surface area contributed by atoms with Gasteiger partial charge in [0, 0.05) is 18.7 Å². The van der Waals surface area contributed by atoms with Crippen LogP contribution in [0.4, 0.5) is 8.78 Å². The van der Waals surface area contributed by atoms with E-state index in [-0.39, 0.29) is 11.7 Å². The molecule has 6 heteroatoms. The number of hydrogen-bond acceptors (Lipinski definition) is 3. The van der Waals surface area contributed by atoms with E-state index in [4.69, 9.17) is 0 Å². The molecule has 126 valence electrons. The van der Waals surface area contributed by atoms with Crippen molar-refractivity contribution in [2.45, 2.75) is 39.2 Å². The van der Waals surface area contributed by atoms with E-state index in [1.54, 1.807) is 12.1 Å². The van der Waals surface area contributed by atoms with Gasteiger partial charge in [0.1, 0.15) is 5.75 Å². The fourth-order valence-corrected chi connectivity index (χ4v) is 2.52. The van der Waals surface area contributed by atoms with Crippen LogP contribution in [0.15, 0.2) is 29.8 Å². The number of ether oxygens (including phenoxy) is 1. The lowest BCUT2D eigenvalue weighted by molar-refractivity contribution is -0.119. The first-order chi connectivity index (χ1) is 11.1. The minimum Gasteiger partial charge on any atom is -0.435 e. The molecule has 2 N–H and O–H groups in total. The maximum absolute atomic E-state index is 12.2. The van der Waals surface area contributed by atoms with Crippen LogP contribution in [0.3, 0.4) is 0 Å². The molecule has 1 heterocycles. The van der Waals surface area contributed by atoms with Crippen LogP contribution in [-0.2, 0) is 4.79 Å². The summed E-state index contributed by atoms with van der Waals surface area (Å²) in [5.41, 5.74) is 2.65. The van der Waals surface area contributed by atoms with E-state index < -0.39 is 6.61 Å². The van der Waals surface area contributed by atoms with Crippen LogP contribution in [0.1, 0.15) is 38.2 Å². The molecule has 0 bridgehead atoms. The molecule has 0 unspecified atom stereocenters. The Balaban J connectivity index is 2.21. The number of rotatable bonds is 3. The molecule has 4 nitrogen and oxygen atoms in total. The van der Waals surface area contributed by atoms with Gasteiger partial charge in [0.05, 0.1) is 0 Å². The number of carbonyl (C=O) groups is 1. The van der Waals surface area contributed by atoms with Crippen molar-refractivity contribution in [1.82, 2.24) is 10.6 Å². The number of hydrogen-bond donors (Lipinski definition) is 2. The smallest absolute Gasteiger partial charge is 0.387 e. The summed E-state index contributed by atoms with van der Waals surface area (Å²) < 4.78 is 28.8. The van der Waals surface area contributed by atoms with E-state index in [0.29, 0.717) is 13.0 Å². The van der Waals surface area contributed by atoms with Gasteiger partial charge in [-0.15, -0.1) is 0 Å². The lowest BCUT2D eigenvalue weighted by Crippen LogP contribution is -2.27. The number of allylic oxidation sites excluding steroid dienone is 1. The Kier molecular flexibility index (Phi) is 6.52. The highest BCUT2D eigenvalue weighted by Crippen LogP contribution is 2.23. The van der Waals surface area contributed by atoms with Crippen LogP contribution in [-0.4, -0.2) is 25.6 Å². The molecule has 1 aliphatic heterocycles. The van der Waals surface area contributed by atoms with Crippen molar-refractivity contribution < 1.29 is 18.3 Å². The predicted molar refractivity (Wildman–Crippen MR) is 85.1 cm³/mol. The molecule has 0 atom stereocenters. The minimum absolute atomic E-state index is 0.0540. The third-order valence-electron chi connectivity index (χ3n) is 3.74. The monoisotopic (exact) mass is 324 g/mol. The zero-order chi connectivity index (χ0) is 16.7. The van der Waals surface area contributed by atoms with E-state index in [2.05, 4.69) is 15.4 Å². The molecule has 0 aromatic heterocycles. The molecule has 1 aliphatic rings. The SMILES string of the molecule is C/C1=C(/c2ccc(OC(F)F)cc2)NC(=O)CCNCCCC1. The van der Waals surface area contributed by atoms with Crippen LogP contribution in [0.5, 0.6) is 5.75 Å². The van der Waals surface area contributed by atoms with Crippen LogP contribution < -0.4 is 15.4 Å². The second-order valence-corrected chi connectivity index (χ2v) is 5.56. The van der Waals surface area contributed by atoms with Crippen LogP contribution in [0.2, 0.25) is 0 Å². The van der Waals surface area contributed by atoms with Crippen LogP contribution in [0.25, 0.3) is 5.70 Å². The minimum atomic E-state index is -2.84. The van der Waals surface area contributed by atoms with Crippen molar-refractivity contribution in [3.63, 3.8) is 0 Å². The summed E-state index contributed by atoms with van der Waals surface area (Å²) >= 11 is 0. The lowest BCUT2D eigenvalue weighted by Gasteiger charge is -2.15. The molecule has 1 aromatic rings. The Bertz CT molecular complexity index is 556. The van der Waals surface area contributed by atoms with Crippen molar-refractivity contribution in [3.05, 3.63) is 35.4 Å². The van der Waals surface area contributed by atoms with Gasteiger partial charge in [-0.05, 0) is 68.1 Å². The summed E-state index contributed by atoms with van der Waals surface area (Å²) in [5.74, 6) is 0.0517. The van der Waals surface area contributed by atoms with Crippen LogP contribution in [0, 0.1) is 0 Å². The van der Waals surface area contributed by atoms with E-state index >= 15 is 0 Å². The molecule has 2 rings (SSSR count). The summed E-state index contributed by atoms with van der Waals surface area (Å²) in [4.78, 5) is 12.0. The molecule has 0 saturated heterocycles. The first-order valence-corrected chi connectivity index (χ1v) is 7.82. The van der Waals surface area contributed by atoms with Gasteiger partial charge in [0.15, 0.2) is 0 Å². The van der Waals surface area contributed by atoms with Crippen molar-refractivity contribution in [2.75, 3.05) is 13.1 Å². The topological polar surface area (TPSA) is 50.4 Å². The number of carbonyl (C=O) groups excluding carboxylic acids is 1. The standard InChI is InChI=1S/C17H22F2N2O2/c1-12-4-2-3-10-20-11-9-15(22)21-16(12)13-5-7-14(8-6-13)23-17(18)19/h5-8,17,20H,2-4,9-11H2,1H3,(H,21,22)/b16-12+. The van der Waals surface area contributed by atoms with Gasteiger partial charge < -0.3 is 15.4 Å². The molecule has 0 aliphatic carbocycles. The summed E-state index contributed by atoms with van der Waals surface area (Å²) in [6.07, 6.45) is 3.38. The zero-order valence-electron chi connectivity index (χ0n) is 13.2. The van der Waals surface area contributed by atoms with Crippen molar-refractivity contribution in [3.8, 4) is 5.75 Å². The predicted octanol–water partition coefficient (Wildman–Crippen LogP) is 3.30. The molecular weight excluding hydrogens is 302 g/mol. The Morgan fingerprint density at radius 2 is 1.83 bits per heavy atom. The van der Waals surface area contributed by atoms with Gasteiger partial charge in [0.2, 0.25) is 5.91 Å². The molecule has 1 aromatic carbocycles. The number of alkyl halides is 2. The number of halogens is 2. The maximum atomic E-state index is 12.2. The summed E-state index contributed by atoms with van der Waals surface area (Å²) in [6, 6.07) is 6.35. The summed E-state index contributed by atoms with van der Waals surface area (Å²) in [6.45, 7) is 0.714. The third-order valence-corrected chi connectivity index (χ3v) is 3.74. The largest absolute Gasteiger partial charge is 0.435 e. The fraction of sp³-hybridized carbons (Fsp3) is 0.471. The van der Waals surface area contributed by atoms with Gasteiger partial charge in [-0.3, -0.25) is 4.79 Å². The van der Waals surface area contributed by atoms with E-state index in [1.165, 1.54) is 12.1 Å². The summed E-state index contributed by atoms with van der Waals surface area (Å²) in [7, 11) is 0. The van der Waals surface area contributed by atoms with Gasteiger partial charge in [-0.25, -0.2) is 0 Å². The highest BCUT2D eigenvalue weighted by atomic mass is 19.3. The Morgan fingerprint density at radius 3 is 2.52 bits per heavy atom. The van der Waals surface area contributed by atoms with E-state index in [9.17, 15) is 13.6 Å². The van der Waals surface area contributed by atoms with Crippen molar-refractivity contribution in [1.29, 1.82) is 0 Å². The lowest BCUT2D eigenvalue weighted by atomic mass is 10.0. The average Bonchev–Trinajstić information content (AvgIpc) is 2.54. The fourth-order valence-electron chi connectivity index (χ4n) is 2.52. The van der Waals surface area contributed by atoms with Gasteiger partial charge in [-0.2, -0.15) is 8.78 Å². The second kappa shape index (κ2) is 8.62. The first kappa shape index (κ1) is 17.4. The van der Waals surface area contributed by atoms with E-state index in [0.717, 1.165) is 42.6 Å². The average molecular weight is 324 g/mol. The molecular formula is C17H22F2N2O2. The molecule has 0 spiro atoms. The maximum Gasteiger partial charge on any atom is 0.387 e.